The standard InChI is InChI=1S/C19H17F4N3O/c1-26(11-13-5-7-15(8-6-13)19(21,22)23)12-18-24-17(25-27-18)10-14-3-2-4-16(20)9-14/h2-9H,10-12H2,1H3. The zero-order chi connectivity index (χ0) is 19.4. The lowest BCUT2D eigenvalue weighted by atomic mass is 10.1. The summed E-state index contributed by atoms with van der Waals surface area (Å²) in [7, 11) is 1.80. The van der Waals surface area contributed by atoms with Crippen molar-refractivity contribution < 1.29 is 22.1 Å². The van der Waals surface area contributed by atoms with E-state index in [-0.39, 0.29) is 5.82 Å². The minimum atomic E-state index is -4.34. The van der Waals surface area contributed by atoms with Crippen molar-refractivity contribution in [3.8, 4) is 0 Å². The highest BCUT2D eigenvalue weighted by atomic mass is 19.4. The molecule has 4 nitrogen and oxygen atoms in total. The van der Waals surface area contributed by atoms with E-state index in [1.165, 1.54) is 24.3 Å². The van der Waals surface area contributed by atoms with E-state index < -0.39 is 11.7 Å². The Labute approximate surface area is 153 Å². The average Bonchev–Trinajstić information content (AvgIpc) is 3.01. The second-order valence-electron chi connectivity index (χ2n) is 6.28. The van der Waals surface area contributed by atoms with Crippen LogP contribution in [0, 0.1) is 5.82 Å². The van der Waals surface area contributed by atoms with Gasteiger partial charge in [-0.25, -0.2) is 4.39 Å². The first-order valence-corrected chi connectivity index (χ1v) is 8.20. The maximum atomic E-state index is 13.2. The Morgan fingerprint density at radius 1 is 1.00 bits per heavy atom. The minimum Gasteiger partial charge on any atom is -0.338 e. The SMILES string of the molecule is CN(Cc1ccc(C(F)(F)F)cc1)Cc1nc(Cc2cccc(F)c2)no1. The number of aromatic nitrogens is 2. The van der Waals surface area contributed by atoms with Crippen LogP contribution in [0.3, 0.4) is 0 Å². The third-order valence-corrected chi connectivity index (χ3v) is 3.90. The van der Waals surface area contributed by atoms with Crippen LogP contribution in [0.2, 0.25) is 0 Å². The number of alkyl halides is 3. The van der Waals surface area contributed by atoms with Gasteiger partial charge in [-0.15, -0.1) is 0 Å². The van der Waals surface area contributed by atoms with Crippen LogP contribution >= 0.6 is 0 Å². The van der Waals surface area contributed by atoms with Gasteiger partial charge in [0, 0.05) is 13.0 Å². The molecule has 142 valence electrons. The number of hydrogen-bond acceptors (Lipinski definition) is 4. The molecular formula is C19H17F4N3O. The molecule has 3 aromatic rings. The summed E-state index contributed by atoms with van der Waals surface area (Å²) in [6.45, 7) is 0.775. The molecule has 0 fully saturated rings. The van der Waals surface area contributed by atoms with Gasteiger partial charge in [0.05, 0.1) is 12.1 Å². The van der Waals surface area contributed by atoms with Crippen LogP contribution in [0.15, 0.2) is 53.1 Å². The van der Waals surface area contributed by atoms with Gasteiger partial charge in [0.25, 0.3) is 0 Å². The highest BCUT2D eigenvalue weighted by molar-refractivity contribution is 5.24. The fraction of sp³-hybridized carbons (Fsp3) is 0.263. The number of benzene rings is 2. The summed E-state index contributed by atoms with van der Waals surface area (Å²) in [4.78, 5) is 6.12. The summed E-state index contributed by atoms with van der Waals surface area (Å²) in [6.07, 6.45) is -3.99. The van der Waals surface area contributed by atoms with Gasteiger partial charge < -0.3 is 4.52 Å². The predicted molar refractivity (Wildman–Crippen MR) is 90.1 cm³/mol. The molecule has 0 saturated carbocycles. The van der Waals surface area contributed by atoms with E-state index in [9.17, 15) is 17.6 Å². The monoisotopic (exact) mass is 379 g/mol. The molecule has 3 rings (SSSR count). The minimum absolute atomic E-state index is 0.326. The number of rotatable bonds is 6. The lowest BCUT2D eigenvalue weighted by molar-refractivity contribution is -0.137. The van der Waals surface area contributed by atoms with Gasteiger partial charge in [-0.2, -0.15) is 18.2 Å². The molecule has 0 unspecified atom stereocenters. The predicted octanol–water partition coefficient (Wildman–Crippen LogP) is 4.45. The van der Waals surface area contributed by atoms with Gasteiger partial charge in [0.15, 0.2) is 5.82 Å². The molecule has 0 saturated heterocycles. The van der Waals surface area contributed by atoms with E-state index in [2.05, 4.69) is 10.1 Å². The molecule has 0 radical (unpaired) electrons. The first-order valence-electron chi connectivity index (χ1n) is 8.20. The van der Waals surface area contributed by atoms with Crippen molar-refractivity contribution in [1.29, 1.82) is 0 Å². The van der Waals surface area contributed by atoms with Crippen LogP contribution in [0.25, 0.3) is 0 Å². The molecular weight excluding hydrogens is 362 g/mol. The van der Waals surface area contributed by atoms with Crippen molar-refractivity contribution >= 4 is 0 Å². The Morgan fingerprint density at radius 3 is 2.41 bits per heavy atom. The zero-order valence-electron chi connectivity index (χ0n) is 14.5. The molecule has 0 spiro atoms. The molecule has 27 heavy (non-hydrogen) atoms. The van der Waals surface area contributed by atoms with Crippen LogP contribution in [-0.4, -0.2) is 22.1 Å². The average molecular weight is 379 g/mol. The van der Waals surface area contributed by atoms with Crippen molar-refractivity contribution in [3.63, 3.8) is 0 Å². The van der Waals surface area contributed by atoms with E-state index in [1.54, 1.807) is 19.2 Å². The van der Waals surface area contributed by atoms with Crippen LogP contribution in [-0.2, 0) is 25.7 Å². The highest BCUT2D eigenvalue weighted by Gasteiger charge is 2.29. The normalized spacial score (nSPS) is 11.9. The molecule has 0 aliphatic carbocycles. The number of halogens is 4. The molecule has 0 atom stereocenters. The summed E-state index contributed by atoms with van der Waals surface area (Å²) >= 11 is 0. The van der Waals surface area contributed by atoms with E-state index in [4.69, 9.17) is 4.52 Å². The smallest absolute Gasteiger partial charge is 0.338 e. The Morgan fingerprint density at radius 2 is 1.74 bits per heavy atom. The third-order valence-electron chi connectivity index (χ3n) is 3.90. The van der Waals surface area contributed by atoms with Crippen molar-refractivity contribution in [1.82, 2.24) is 15.0 Å². The van der Waals surface area contributed by atoms with Crippen molar-refractivity contribution in [2.75, 3.05) is 7.05 Å². The van der Waals surface area contributed by atoms with Gasteiger partial charge in [-0.05, 0) is 42.4 Å². The first-order chi connectivity index (χ1) is 12.8. The van der Waals surface area contributed by atoms with Gasteiger partial charge in [0.1, 0.15) is 5.82 Å². The summed E-state index contributed by atoms with van der Waals surface area (Å²) in [5.74, 6) is 0.502. The number of nitrogens with zero attached hydrogens (tertiary/aromatic N) is 3. The van der Waals surface area contributed by atoms with Crippen LogP contribution in [0.1, 0.15) is 28.4 Å². The van der Waals surface area contributed by atoms with Gasteiger partial charge in [-0.3, -0.25) is 4.90 Å². The molecule has 1 heterocycles. The zero-order valence-corrected chi connectivity index (χ0v) is 14.5. The maximum absolute atomic E-state index is 13.2. The largest absolute Gasteiger partial charge is 0.416 e. The second kappa shape index (κ2) is 7.87. The van der Waals surface area contributed by atoms with Gasteiger partial charge >= 0.3 is 6.18 Å². The van der Waals surface area contributed by atoms with E-state index in [1.807, 2.05) is 4.90 Å². The number of hydrogen-bond donors (Lipinski definition) is 0. The maximum Gasteiger partial charge on any atom is 0.416 e. The van der Waals surface area contributed by atoms with Gasteiger partial charge in [-0.1, -0.05) is 29.4 Å². The second-order valence-corrected chi connectivity index (χ2v) is 6.28. The topological polar surface area (TPSA) is 42.2 Å². The van der Waals surface area contributed by atoms with Crippen molar-refractivity contribution in [2.45, 2.75) is 25.7 Å². The summed E-state index contributed by atoms with van der Waals surface area (Å²) in [5.41, 5.74) is 0.804. The lowest BCUT2D eigenvalue weighted by Gasteiger charge is -2.14. The molecule has 1 aromatic heterocycles. The Hall–Kier alpha value is -2.74. The van der Waals surface area contributed by atoms with Gasteiger partial charge in [0.2, 0.25) is 5.89 Å². The first kappa shape index (κ1) is 19.0. The van der Waals surface area contributed by atoms with E-state index in [0.717, 1.165) is 23.3 Å². The Bertz CT molecular complexity index is 890. The quantitative estimate of drug-likeness (QED) is 0.594. The van der Waals surface area contributed by atoms with Crippen LogP contribution in [0.5, 0.6) is 0 Å². The molecule has 8 heteroatoms. The van der Waals surface area contributed by atoms with E-state index >= 15 is 0 Å². The Kier molecular flexibility index (Phi) is 5.55. The fourth-order valence-electron chi connectivity index (χ4n) is 2.65. The fourth-order valence-corrected chi connectivity index (χ4v) is 2.65. The van der Waals surface area contributed by atoms with Crippen LogP contribution < -0.4 is 0 Å². The highest BCUT2D eigenvalue weighted by Crippen LogP contribution is 2.29. The van der Waals surface area contributed by atoms with E-state index in [0.29, 0.717) is 31.2 Å². The summed E-state index contributed by atoms with van der Waals surface area (Å²) in [5, 5.41) is 3.88. The molecule has 0 aliphatic rings. The molecule has 0 aliphatic heterocycles. The molecule has 2 aromatic carbocycles. The Balaban J connectivity index is 1.57. The van der Waals surface area contributed by atoms with Crippen molar-refractivity contribution in [3.05, 3.63) is 82.8 Å². The van der Waals surface area contributed by atoms with Crippen LogP contribution in [0.4, 0.5) is 17.6 Å². The molecule has 0 amide bonds. The third kappa shape index (κ3) is 5.37. The summed E-state index contributed by atoms with van der Waals surface area (Å²) in [6, 6.07) is 11.2. The molecule has 0 bridgehead atoms. The lowest BCUT2D eigenvalue weighted by Crippen LogP contribution is -2.17. The molecule has 0 N–H and O–H groups in total. The van der Waals surface area contributed by atoms with Crippen molar-refractivity contribution in [2.24, 2.45) is 0 Å². The summed E-state index contributed by atoms with van der Waals surface area (Å²) < 4.78 is 56.2.